The fraction of sp³-hybridized carbons (Fsp3) is 0.370. The number of amides is 1. The summed E-state index contributed by atoms with van der Waals surface area (Å²) >= 11 is 0. The van der Waals surface area contributed by atoms with Gasteiger partial charge in [0.15, 0.2) is 0 Å². The van der Waals surface area contributed by atoms with E-state index in [1.54, 1.807) is 47.8 Å². The predicted octanol–water partition coefficient (Wildman–Crippen LogP) is 2.76. The Morgan fingerprint density at radius 2 is 2.03 bits per heavy atom. The Morgan fingerprint density at radius 3 is 2.75 bits per heavy atom. The van der Waals surface area contributed by atoms with Gasteiger partial charge in [0.1, 0.15) is 18.0 Å². The van der Waals surface area contributed by atoms with Gasteiger partial charge in [-0.15, -0.1) is 0 Å². The van der Waals surface area contributed by atoms with Crippen LogP contribution in [0.2, 0.25) is 0 Å². The highest BCUT2D eigenvalue weighted by molar-refractivity contribution is 5.98. The number of benzene rings is 1. The summed E-state index contributed by atoms with van der Waals surface area (Å²) in [6.07, 6.45) is 6.49. The molecule has 0 fully saturated rings. The van der Waals surface area contributed by atoms with Gasteiger partial charge in [-0.25, -0.2) is 15.0 Å². The van der Waals surface area contributed by atoms with Crippen molar-refractivity contribution in [1.82, 2.24) is 24.8 Å². The number of likely N-dealkylation sites (N-methyl/N-ethyl adjacent to an activating group) is 1. The number of nitriles is 1. The largest absolute Gasteiger partial charge is 0.472 e. The molecule has 2 aromatic heterocycles. The van der Waals surface area contributed by atoms with Crippen molar-refractivity contribution in [3.63, 3.8) is 0 Å². The number of fused-ring (bicyclic) bond motifs is 1. The molecule has 1 amide bonds. The van der Waals surface area contributed by atoms with Crippen LogP contribution in [0.15, 0.2) is 55.2 Å². The van der Waals surface area contributed by atoms with Gasteiger partial charge in [-0.1, -0.05) is 19.1 Å². The number of nitrogens with zero attached hydrogens (tertiary/aromatic N) is 6. The number of aromatic nitrogens is 3. The van der Waals surface area contributed by atoms with E-state index in [-0.39, 0.29) is 36.5 Å². The van der Waals surface area contributed by atoms with E-state index in [2.05, 4.69) is 25.9 Å². The lowest BCUT2D eigenvalue weighted by molar-refractivity contribution is 0.0325. The molecule has 9 heteroatoms. The van der Waals surface area contributed by atoms with Crippen molar-refractivity contribution in [1.29, 1.82) is 5.26 Å². The molecule has 1 aromatic carbocycles. The van der Waals surface area contributed by atoms with E-state index < -0.39 is 0 Å². The second kappa shape index (κ2) is 11.2. The van der Waals surface area contributed by atoms with Crippen molar-refractivity contribution >= 4 is 5.91 Å². The number of ether oxygens (including phenoxy) is 1. The molecule has 36 heavy (non-hydrogen) atoms. The van der Waals surface area contributed by atoms with Crippen LogP contribution in [0.3, 0.4) is 0 Å². The lowest BCUT2D eigenvalue weighted by Crippen LogP contribution is -2.49. The Labute approximate surface area is 211 Å². The summed E-state index contributed by atoms with van der Waals surface area (Å²) in [6, 6.07) is 10.7. The first-order chi connectivity index (χ1) is 17.4. The lowest BCUT2D eigenvalue weighted by atomic mass is 9.98. The van der Waals surface area contributed by atoms with Crippen molar-refractivity contribution < 1.29 is 14.6 Å². The molecule has 0 aliphatic carbocycles. The summed E-state index contributed by atoms with van der Waals surface area (Å²) in [5, 5.41) is 19.1. The number of rotatable bonds is 7. The average molecular weight is 487 g/mol. The first kappa shape index (κ1) is 25.2. The van der Waals surface area contributed by atoms with Crippen molar-refractivity contribution in [3.05, 3.63) is 71.9 Å². The Kier molecular flexibility index (Phi) is 7.88. The monoisotopic (exact) mass is 486 g/mol. The highest BCUT2D eigenvalue weighted by Gasteiger charge is 2.34. The first-order valence-electron chi connectivity index (χ1n) is 11.9. The maximum absolute atomic E-state index is 13.6. The molecule has 3 aromatic rings. The molecule has 0 saturated carbocycles. The minimum Gasteiger partial charge on any atom is -0.472 e. The third-order valence-corrected chi connectivity index (χ3v) is 6.40. The summed E-state index contributed by atoms with van der Waals surface area (Å²) in [5.41, 5.74) is 3.36. The van der Waals surface area contributed by atoms with Crippen molar-refractivity contribution in [2.45, 2.75) is 32.5 Å². The molecule has 3 heterocycles. The molecule has 1 aliphatic heterocycles. The van der Waals surface area contributed by atoms with Gasteiger partial charge in [0.25, 0.3) is 5.91 Å². The van der Waals surface area contributed by atoms with Crippen molar-refractivity contribution in [3.8, 4) is 23.1 Å². The van der Waals surface area contributed by atoms with Crippen LogP contribution >= 0.6 is 0 Å². The quantitative estimate of drug-likeness (QED) is 0.542. The van der Waals surface area contributed by atoms with E-state index in [9.17, 15) is 15.2 Å². The minimum absolute atomic E-state index is 0.0145. The number of pyridine rings is 1. The zero-order valence-corrected chi connectivity index (χ0v) is 20.7. The van der Waals surface area contributed by atoms with E-state index in [0.29, 0.717) is 36.3 Å². The van der Waals surface area contributed by atoms with Gasteiger partial charge >= 0.3 is 0 Å². The fourth-order valence-corrected chi connectivity index (χ4v) is 4.34. The highest BCUT2D eigenvalue weighted by atomic mass is 16.5. The smallest absolute Gasteiger partial charge is 0.259 e. The van der Waals surface area contributed by atoms with Crippen LogP contribution < -0.4 is 4.74 Å². The summed E-state index contributed by atoms with van der Waals surface area (Å²) in [5.74, 6) is 0.0140. The number of aliphatic hydroxyl groups is 1. The standard InChI is InChI=1S/C27H30N6O3/c1-18-13-33(19(2)16-34)27(35)24-8-23(22-6-4-5-20(7-22)9-28)12-31-26(24)36-25(18)15-32(3)14-21-10-29-17-30-11-21/h4-8,10-12,17-19,25,34H,13-16H2,1-3H3/t18-,19+,25-/m1/s1. The Bertz CT molecular complexity index is 1250. The molecule has 1 N–H and O–H groups in total. The lowest BCUT2D eigenvalue weighted by Gasteiger charge is -2.37. The number of carbonyl (C=O) groups excluding carboxylic acids is 1. The minimum atomic E-state index is -0.365. The summed E-state index contributed by atoms with van der Waals surface area (Å²) < 4.78 is 6.38. The van der Waals surface area contributed by atoms with Crippen molar-refractivity contribution in [2.75, 3.05) is 26.7 Å². The second-order valence-corrected chi connectivity index (χ2v) is 9.34. The van der Waals surface area contributed by atoms with Gasteiger partial charge in [-0.05, 0) is 37.7 Å². The van der Waals surface area contributed by atoms with Crippen LogP contribution in [0.5, 0.6) is 5.88 Å². The number of hydrogen-bond acceptors (Lipinski definition) is 8. The van der Waals surface area contributed by atoms with E-state index in [1.807, 2.05) is 27.0 Å². The number of carbonyl (C=O) groups is 1. The molecule has 1 aliphatic rings. The summed E-state index contributed by atoms with van der Waals surface area (Å²) in [4.78, 5) is 30.2. The van der Waals surface area contributed by atoms with E-state index in [0.717, 1.165) is 11.1 Å². The topological polar surface area (TPSA) is 115 Å². The third kappa shape index (κ3) is 5.67. The van der Waals surface area contributed by atoms with E-state index in [4.69, 9.17) is 4.74 Å². The SMILES string of the molecule is C[C@@H]1CN([C@@H](C)CO)C(=O)c2cc(-c3cccc(C#N)c3)cnc2O[C@@H]1CN(C)Cc1cncnc1. The maximum atomic E-state index is 13.6. The maximum Gasteiger partial charge on any atom is 0.259 e. The van der Waals surface area contributed by atoms with Crippen LogP contribution in [0.1, 0.15) is 35.3 Å². The molecule has 0 radical (unpaired) electrons. The van der Waals surface area contributed by atoms with Gasteiger partial charge < -0.3 is 14.7 Å². The second-order valence-electron chi connectivity index (χ2n) is 9.34. The molecule has 0 unspecified atom stereocenters. The normalized spacial score (nSPS) is 18.6. The average Bonchev–Trinajstić information content (AvgIpc) is 2.90. The zero-order chi connectivity index (χ0) is 25.7. The highest BCUT2D eigenvalue weighted by Crippen LogP contribution is 2.30. The third-order valence-electron chi connectivity index (χ3n) is 6.40. The number of aliphatic hydroxyl groups excluding tert-OH is 1. The molecule has 186 valence electrons. The summed E-state index contributed by atoms with van der Waals surface area (Å²) in [7, 11) is 2.00. The van der Waals surface area contributed by atoms with E-state index in [1.165, 1.54) is 6.33 Å². The molecular formula is C27H30N6O3. The fourth-order valence-electron chi connectivity index (χ4n) is 4.34. The van der Waals surface area contributed by atoms with Crippen LogP contribution in [-0.2, 0) is 6.54 Å². The van der Waals surface area contributed by atoms with Crippen LogP contribution in [0.4, 0.5) is 0 Å². The van der Waals surface area contributed by atoms with Crippen molar-refractivity contribution in [2.24, 2.45) is 5.92 Å². The molecular weight excluding hydrogens is 456 g/mol. The van der Waals surface area contributed by atoms with Crippen LogP contribution in [0.25, 0.3) is 11.1 Å². The van der Waals surface area contributed by atoms with Gasteiger partial charge in [0.05, 0.1) is 24.3 Å². The van der Waals surface area contributed by atoms with Gasteiger partial charge in [0, 0.05) is 55.3 Å². The molecule has 4 rings (SSSR count). The van der Waals surface area contributed by atoms with Gasteiger partial charge in [-0.3, -0.25) is 9.69 Å². The zero-order valence-electron chi connectivity index (χ0n) is 20.7. The number of hydrogen-bond donors (Lipinski definition) is 1. The van der Waals surface area contributed by atoms with Crippen LogP contribution in [-0.4, -0.2) is 74.7 Å². The Morgan fingerprint density at radius 1 is 1.25 bits per heavy atom. The molecule has 0 spiro atoms. The van der Waals surface area contributed by atoms with Gasteiger partial charge in [0.2, 0.25) is 5.88 Å². The first-order valence-corrected chi connectivity index (χ1v) is 11.9. The Hall–Kier alpha value is -3.87. The van der Waals surface area contributed by atoms with Gasteiger partial charge in [-0.2, -0.15) is 5.26 Å². The molecule has 0 saturated heterocycles. The molecule has 9 nitrogen and oxygen atoms in total. The predicted molar refractivity (Wildman–Crippen MR) is 134 cm³/mol. The summed E-state index contributed by atoms with van der Waals surface area (Å²) in [6.45, 7) is 5.40. The Balaban J connectivity index is 1.67. The van der Waals surface area contributed by atoms with E-state index >= 15 is 0 Å². The molecule has 0 bridgehead atoms. The van der Waals surface area contributed by atoms with Crippen LogP contribution in [0, 0.1) is 17.2 Å². The molecule has 3 atom stereocenters.